The molecular weight excluding hydrogens is 314 g/mol. The topological polar surface area (TPSA) is 75.4 Å². The summed E-state index contributed by atoms with van der Waals surface area (Å²) in [6.45, 7) is 9.52. The standard InChI is InChI=1S/C20H37N3O2/c1-5-6-8-14-11-15(12-14)18(24)22-13-16-9-7-10-23(16)19(25)17(21)20(2,3)4/h14-17H,5-13,21H2,1-4H3,(H,22,24). The van der Waals surface area contributed by atoms with Crippen LogP contribution in [-0.2, 0) is 9.59 Å². The molecule has 0 aromatic carbocycles. The van der Waals surface area contributed by atoms with Crippen molar-refractivity contribution in [2.75, 3.05) is 13.1 Å². The maximum absolute atomic E-state index is 12.7. The highest BCUT2D eigenvalue weighted by Gasteiger charge is 2.38. The van der Waals surface area contributed by atoms with Crippen LogP contribution in [0.15, 0.2) is 0 Å². The van der Waals surface area contributed by atoms with Crippen molar-refractivity contribution < 1.29 is 9.59 Å². The molecule has 2 amide bonds. The Kier molecular flexibility index (Phi) is 6.89. The Morgan fingerprint density at radius 3 is 2.56 bits per heavy atom. The van der Waals surface area contributed by atoms with E-state index in [-0.39, 0.29) is 29.2 Å². The van der Waals surface area contributed by atoms with Gasteiger partial charge in [-0.05, 0) is 37.0 Å². The van der Waals surface area contributed by atoms with Gasteiger partial charge in [0.2, 0.25) is 11.8 Å². The van der Waals surface area contributed by atoms with E-state index >= 15 is 0 Å². The van der Waals surface area contributed by atoms with E-state index < -0.39 is 6.04 Å². The highest BCUT2D eigenvalue weighted by molar-refractivity contribution is 5.83. The van der Waals surface area contributed by atoms with Gasteiger partial charge < -0.3 is 16.0 Å². The van der Waals surface area contributed by atoms with Crippen LogP contribution in [0.3, 0.4) is 0 Å². The Balaban J connectivity index is 1.76. The van der Waals surface area contributed by atoms with Crippen LogP contribution in [0.4, 0.5) is 0 Å². The molecule has 3 N–H and O–H groups in total. The number of carbonyl (C=O) groups excluding carboxylic acids is 2. The fourth-order valence-corrected chi connectivity index (χ4v) is 3.93. The van der Waals surface area contributed by atoms with Crippen LogP contribution in [0.1, 0.15) is 72.6 Å². The molecule has 2 aliphatic rings. The van der Waals surface area contributed by atoms with Gasteiger partial charge in [-0.1, -0.05) is 47.0 Å². The monoisotopic (exact) mass is 351 g/mol. The molecule has 2 fully saturated rings. The Bertz CT molecular complexity index is 466. The number of rotatable bonds is 7. The van der Waals surface area contributed by atoms with Crippen molar-refractivity contribution in [3.8, 4) is 0 Å². The van der Waals surface area contributed by atoms with Gasteiger partial charge in [-0.25, -0.2) is 0 Å². The average molecular weight is 352 g/mol. The van der Waals surface area contributed by atoms with Crippen molar-refractivity contribution in [3.63, 3.8) is 0 Å². The minimum atomic E-state index is -0.491. The van der Waals surface area contributed by atoms with Crippen LogP contribution < -0.4 is 11.1 Å². The molecule has 1 aliphatic carbocycles. The second kappa shape index (κ2) is 8.52. The molecule has 0 bridgehead atoms. The number of hydrogen-bond donors (Lipinski definition) is 2. The van der Waals surface area contributed by atoms with E-state index in [0.29, 0.717) is 6.54 Å². The van der Waals surface area contributed by atoms with Crippen LogP contribution in [0.25, 0.3) is 0 Å². The highest BCUT2D eigenvalue weighted by Crippen LogP contribution is 2.37. The van der Waals surface area contributed by atoms with E-state index in [2.05, 4.69) is 12.2 Å². The number of nitrogens with two attached hydrogens (primary N) is 1. The van der Waals surface area contributed by atoms with E-state index in [1.54, 1.807) is 0 Å². The molecule has 1 saturated heterocycles. The first-order chi connectivity index (χ1) is 11.7. The third-order valence-electron chi connectivity index (χ3n) is 5.94. The Hall–Kier alpha value is -1.10. The number of unbranched alkanes of at least 4 members (excludes halogenated alkanes) is 1. The van der Waals surface area contributed by atoms with Gasteiger partial charge >= 0.3 is 0 Å². The van der Waals surface area contributed by atoms with E-state index in [9.17, 15) is 9.59 Å². The fraction of sp³-hybridized carbons (Fsp3) is 0.900. The summed E-state index contributed by atoms with van der Waals surface area (Å²) in [4.78, 5) is 26.9. The molecule has 2 atom stereocenters. The molecule has 0 spiro atoms. The second-order valence-electron chi connectivity index (χ2n) is 9.09. The van der Waals surface area contributed by atoms with Crippen molar-refractivity contribution in [1.29, 1.82) is 0 Å². The summed E-state index contributed by atoms with van der Waals surface area (Å²) in [6, 6.07) is -0.393. The number of nitrogens with one attached hydrogen (secondary N) is 1. The predicted octanol–water partition coefficient (Wildman–Crippen LogP) is 2.68. The zero-order valence-electron chi connectivity index (χ0n) is 16.5. The van der Waals surface area contributed by atoms with Gasteiger partial charge in [0.15, 0.2) is 0 Å². The molecule has 0 radical (unpaired) electrons. The van der Waals surface area contributed by atoms with Gasteiger partial charge in [0.05, 0.1) is 6.04 Å². The zero-order chi connectivity index (χ0) is 18.6. The SMILES string of the molecule is CCCCC1CC(C(=O)NCC2CCCN2C(=O)C(N)C(C)(C)C)C1. The molecule has 25 heavy (non-hydrogen) atoms. The Morgan fingerprint density at radius 1 is 1.28 bits per heavy atom. The second-order valence-corrected chi connectivity index (χ2v) is 9.09. The van der Waals surface area contributed by atoms with E-state index in [1.165, 1.54) is 19.3 Å². The van der Waals surface area contributed by atoms with Crippen molar-refractivity contribution in [2.45, 2.75) is 84.7 Å². The molecule has 2 rings (SSSR count). The van der Waals surface area contributed by atoms with Crippen molar-refractivity contribution in [1.82, 2.24) is 10.2 Å². The predicted molar refractivity (Wildman–Crippen MR) is 101 cm³/mol. The lowest BCUT2D eigenvalue weighted by Gasteiger charge is -2.36. The van der Waals surface area contributed by atoms with Crippen LogP contribution in [-0.4, -0.2) is 41.9 Å². The number of amides is 2. The number of carbonyl (C=O) groups is 2. The van der Waals surface area contributed by atoms with E-state index in [1.807, 2.05) is 25.7 Å². The minimum Gasteiger partial charge on any atom is -0.354 e. The number of likely N-dealkylation sites (tertiary alicyclic amines) is 1. The Morgan fingerprint density at radius 2 is 1.96 bits per heavy atom. The lowest BCUT2D eigenvalue weighted by atomic mass is 9.72. The molecule has 1 saturated carbocycles. The quantitative estimate of drug-likeness (QED) is 0.740. The minimum absolute atomic E-state index is 0.0209. The molecule has 5 nitrogen and oxygen atoms in total. The third-order valence-corrected chi connectivity index (χ3v) is 5.94. The van der Waals surface area contributed by atoms with Crippen molar-refractivity contribution in [3.05, 3.63) is 0 Å². The number of nitrogens with zero attached hydrogens (tertiary/aromatic N) is 1. The smallest absolute Gasteiger partial charge is 0.240 e. The lowest BCUT2D eigenvalue weighted by Crippen LogP contribution is -2.54. The molecule has 1 heterocycles. The maximum atomic E-state index is 12.7. The van der Waals surface area contributed by atoms with Crippen molar-refractivity contribution >= 4 is 11.8 Å². The molecule has 0 aromatic rings. The van der Waals surface area contributed by atoms with Crippen molar-refractivity contribution in [2.24, 2.45) is 23.0 Å². The molecule has 2 unspecified atom stereocenters. The molecule has 5 heteroatoms. The van der Waals surface area contributed by atoms with Gasteiger partial charge in [-0.3, -0.25) is 9.59 Å². The normalized spacial score (nSPS) is 27.7. The summed E-state index contributed by atoms with van der Waals surface area (Å²) in [6.07, 6.45) is 7.78. The van der Waals surface area contributed by atoms with Gasteiger partial charge in [0.25, 0.3) is 0 Å². The summed E-state index contributed by atoms with van der Waals surface area (Å²) in [5, 5.41) is 3.09. The summed E-state index contributed by atoms with van der Waals surface area (Å²) in [7, 11) is 0. The molecular formula is C20H37N3O2. The largest absolute Gasteiger partial charge is 0.354 e. The maximum Gasteiger partial charge on any atom is 0.240 e. The van der Waals surface area contributed by atoms with E-state index in [4.69, 9.17) is 5.73 Å². The fourth-order valence-electron chi connectivity index (χ4n) is 3.93. The molecule has 0 aromatic heterocycles. The summed E-state index contributed by atoms with van der Waals surface area (Å²) in [5.74, 6) is 1.12. The Labute approximate surface area is 153 Å². The lowest BCUT2D eigenvalue weighted by molar-refractivity contribution is -0.136. The number of hydrogen-bond acceptors (Lipinski definition) is 3. The van der Waals surface area contributed by atoms with Crippen LogP contribution in [0.5, 0.6) is 0 Å². The molecule has 144 valence electrons. The van der Waals surface area contributed by atoms with Crippen LogP contribution >= 0.6 is 0 Å². The van der Waals surface area contributed by atoms with E-state index in [0.717, 1.165) is 38.1 Å². The van der Waals surface area contributed by atoms with Crippen LogP contribution in [0, 0.1) is 17.3 Å². The summed E-state index contributed by atoms with van der Waals surface area (Å²) >= 11 is 0. The average Bonchev–Trinajstić information content (AvgIpc) is 2.97. The van der Waals surface area contributed by atoms with Gasteiger partial charge in [0.1, 0.15) is 0 Å². The van der Waals surface area contributed by atoms with Gasteiger partial charge in [-0.15, -0.1) is 0 Å². The summed E-state index contributed by atoms with van der Waals surface area (Å²) < 4.78 is 0. The van der Waals surface area contributed by atoms with Crippen LogP contribution in [0.2, 0.25) is 0 Å². The molecule has 1 aliphatic heterocycles. The third kappa shape index (κ3) is 5.19. The zero-order valence-corrected chi connectivity index (χ0v) is 16.5. The van der Waals surface area contributed by atoms with Gasteiger partial charge in [-0.2, -0.15) is 0 Å². The van der Waals surface area contributed by atoms with Gasteiger partial charge in [0, 0.05) is 25.0 Å². The first-order valence-electron chi connectivity index (χ1n) is 10.1. The first kappa shape index (κ1) is 20.2. The highest BCUT2D eigenvalue weighted by atomic mass is 16.2. The summed E-state index contributed by atoms with van der Waals surface area (Å²) in [5.41, 5.74) is 5.90. The first-order valence-corrected chi connectivity index (χ1v) is 10.1.